The molecule has 0 aromatic heterocycles. The van der Waals surface area contributed by atoms with Crippen molar-refractivity contribution in [1.82, 2.24) is 4.90 Å². The fourth-order valence-corrected chi connectivity index (χ4v) is 1.81. The van der Waals surface area contributed by atoms with Crippen LogP contribution in [-0.4, -0.2) is 44.7 Å². The van der Waals surface area contributed by atoms with Gasteiger partial charge in [0.05, 0.1) is 6.10 Å². The summed E-state index contributed by atoms with van der Waals surface area (Å²) in [6.07, 6.45) is 3.17. The number of hydrogen-bond donors (Lipinski definition) is 0. The van der Waals surface area contributed by atoms with E-state index in [0.29, 0.717) is 6.54 Å². The van der Waals surface area contributed by atoms with Gasteiger partial charge in [0.25, 0.3) is 0 Å². The van der Waals surface area contributed by atoms with Crippen molar-refractivity contribution in [3.63, 3.8) is 0 Å². The minimum atomic E-state index is -4.91. The van der Waals surface area contributed by atoms with E-state index in [1.807, 2.05) is 0 Å². The quantitative estimate of drug-likeness (QED) is 0.623. The van der Waals surface area contributed by atoms with E-state index in [0.717, 1.165) is 25.9 Å². The first-order valence-electron chi connectivity index (χ1n) is 5.57. The zero-order chi connectivity index (χ0) is 12.2. The second kappa shape index (κ2) is 8.35. The summed E-state index contributed by atoms with van der Waals surface area (Å²) in [6, 6.07) is 0. The van der Waals surface area contributed by atoms with Crippen molar-refractivity contribution in [3.05, 3.63) is 12.1 Å². The Labute approximate surface area is 143 Å². The third-order valence-electron chi connectivity index (χ3n) is 2.73. The molecule has 0 aliphatic carbocycles. The van der Waals surface area contributed by atoms with Crippen LogP contribution in [0.4, 0.5) is 12.9 Å². The predicted molar refractivity (Wildman–Crippen MR) is 59.3 cm³/mol. The maximum Gasteiger partial charge on any atom is 1.00 e. The fourth-order valence-electron chi connectivity index (χ4n) is 1.81. The van der Waals surface area contributed by atoms with Crippen LogP contribution < -0.4 is 51.4 Å². The van der Waals surface area contributed by atoms with E-state index in [1.165, 1.54) is 0 Å². The molecule has 1 aliphatic rings. The molecule has 1 heterocycles. The van der Waals surface area contributed by atoms with Gasteiger partial charge in [-0.25, -0.2) is 0 Å². The Balaban J connectivity index is 0.00000256. The summed E-state index contributed by atoms with van der Waals surface area (Å²) in [4.78, 5) is 1.63. The molecular formula is C10H18BF3KNO. The van der Waals surface area contributed by atoms with Gasteiger partial charge in [0.15, 0.2) is 0 Å². The van der Waals surface area contributed by atoms with E-state index in [2.05, 4.69) is 6.58 Å². The van der Waals surface area contributed by atoms with Gasteiger partial charge in [-0.05, 0) is 32.9 Å². The van der Waals surface area contributed by atoms with Crippen molar-refractivity contribution < 1.29 is 69.1 Å². The maximum absolute atomic E-state index is 12.3. The van der Waals surface area contributed by atoms with Gasteiger partial charge in [-0.15, -0.1) is 12.1 Å². The predicted octanol–water partition coefficient (Wildman–Crippen LogP) is -0.566. The molecule has 1 atom stereocenters. The van der Waals surface area contributed by atoms with Crippen LogP contribution in [0.25, 0.3) is 0 Å². The van der Waals surface area contributed by atoms with Gasteiger partial charge in [-0.2, -0.15) is 0 Å². The first-order valence-corrected chi connectivity index (χ1v) is 5.57. The summed E-state index contributed by atoms with van der Waals surface area (Å²) in [5.41, 5.74) is -0.640. The van der Waals surface area contributed by atoms with E-state index >= 15 is 0 Å². The van der Waals surface area contributed by atoms with Gasteiger partial charge in [-0.1, -0.05) is 0 Å². The summed E-state index contributed by atoms with van der Waals surface area (Å²) >= 11 is 0. The van der Waals surface area contributed by atoms with Crippen molar-refractivity contribution in [3.8, 4) is 0 Å². The second-order valence-corrected chi connectivity index (χ2v) is 4.42. The second-order valence-electron chi connectivity index (χ2n) is 4.42. The minimum absolute atomic E-state index is 0. The number of halogens is 3. The number of likely N-dealkylation sites (N-methyl/N-ethyl adjacent to an activating group) is 1. The molecule has 0 bridgehead atoms. The van der Waals surface area contributed by atoms with Crippen molar-refractivity contribution in [2.45, 2.75) is 25.4 Å². The van der Waals surface area contributed by atoms with Crippen LogP contribution in [0.2, 0.25) is 0 Å². The minimum Gasteiger partial charge on any atom is -0.445 e. The third kappa shape index (κ3) is 7.35. The fraction of sp³-hybridized carbons (Fsp3) is 0.800. The largest absolute Gasteiger partial charge is 1.00 e. The molecule has 17 heavy (non-hydrogen) atoms. The van der Waals surface area contributed by atoms with Gasteiger partial charge in [0.1, 0.15) is 0 Å². The van der Waals surface area contributed by atoms with E-state index in [1.54, 1.807) is 11.9 Å². The molecule has 1 rings (SSSR count). The molecule has 0 aromatic carbocycles. The van der Waals surface area contributed by atoms with E-state index in [-0.39, 0.29) is 64.0 Å². The molecule has 0 aromatic rings. The van der Waals surface area contributed by atoms with Crippen LogP contribution in [0.1, 0.15) is 19.3 Å². The monoisotopic (exact) mass is 275 g/mol. The number of ether oxygens (including phenoxy) is 1. The van der Waals surface area contributed by atoms with Crippen LogP contribution in [0.5, 0.6) is 0 Å². The average molecular weight is 275 g/mol. The van der Waals surface area contributed by atoms with Crippen molar-refractivity contribution in [1.29, 1.82) is 0 Å². The van der Waals surface area contributed by atoms with Gasteiger partial charge in [0.2, 0.25) is 0 Å². The zero-order valence-electron chi connectivity index (χ0n) is 10.6. The molecule has 7 heteroatoms. The molecule has 94 valence electrons. The summed E-state index contributed by atoms with van der Waals surface area (Å²) in [5, 5.41) is 0. The Morgan fingerprint density at radius 2 is 2.06 bits per heavy atom. The molecule has 0 amide bonds. The third-order valence-corrected chi connectivity index (χ3v) is 2.73. The first kappa shape index (κ1) is 18.2. The average Bonchev–Trinajstić information content (AvgIpc) is 2.17. The molecule has 0 N–H and O–H groups in total. The Kier molecular flexibility index (Phi) is 8.91. The summed E-state index contributed by atoms with van der Waals surface area (Å²) in [6.45, 7) is -0.680. The number of hydrogen-bond acceptors (Lipinski definition) is 2. The van der Waals surface area contributed by atoms with Gasteiger partial charge >= 0.3 is 58.4 Å². The van der Waals surface area contributed by atoms with E-state index in [9.17, 15) is 12.9 Å². The van der Waals surface area contributed by atoms with Crippen LogP contribution in [0.3, 0.4) is 0 Å². The van der Waals surface area contributed by atoms with Crippen LogP contribution >= 0.6 is 0 Å². The normalized spacial score (nSPS) is 21.1. The van der Waals surface area contributed by atoms with Gasteiger partial charge < -0.3 is 22.6 Å². The van der Waals surface area contributed by atoms with E-state index < -0.39 is 12.4 Å². The zero-order valence-corrected chi connectivity index (χ0v) is 13.7. The standard InChI is InChI=1S/C10H18BF3NO.K/c1-9(11(12,13)14)7-15(2)8-10-5-3-4-6-16-10;/h10H,1,3-8H2,2H3;/q-1;+1. The molecule has 1 aliphatic heterocycles. The summed E-state index contributed by atoms with van der Waals surface area (Å²) in [7, 11) is 1.67. The van der Waals surface area contributed by atoms with Crippen molar-refractivity contribution in [2.24, 2.45) is 0 Å². The number of rotatable bonds is 5. The summed E-state index contributed by atoms with van der Waals surface area (Å²) in [5.74, 6) is 0. The Morgan fingerprint density at radius 1 is 1.41 bits per heavy atom. The summed E-state index contributed by atoms with van der Waals surface area (Å²) < 4.78 is 42.3. The van der Waals surface area contributed by atoms with E-state index in [4.69, 9.17) is 4.74 Å². The molecular weight excluding hydrogens is 257 g/mol. The van der Waals surface area contributed by atoms with Crippen molar-refractivity contribution >= 4 is 6.98 Å². The Bertz CT molecular complexity index is 244. The van der Waals surface area contributed by atoms with Gasteiger partial charge in [-0.3, -0.25) is 0 Å². The smallest absolute Gasteiger partial charge is 0.445 e. The molecule has 0 spiro atoms. The molecule has 1 saturated heterocycles. The van der Waals surface area contributed by atoms with Crippen LogP contribution in [-0.2, 0) is 4.74 Å². The Morgan fingerprint density at radius 3 is 2.53 bits per heavy atom. The number of nitrogens with zero attached hydrogens (tertiary/aromatic N) is 1. The molecule has 1 unspecified atom stereocenters. The van der Waals surface area contributed by atoms with Gasteiger partial charge in [0, 0.05) is 13.2 Å². The molecule has 1 fully saturated rings. The first-order chi connectivity index (χ1) is 7.39. The maximum atomic E-state index is 12.3. The SMILES string of the molecule is C=C(CN(C)CC1CCCCO1)[B-](F)(F)F.[K+]. The molecule has 2 nitrogen and oxygen atoms in total. The van der Waals surface area contributed by atoms with Crippen LogP contribution in [0.15, 0.2) is 12.1 Å². The topological polar surface area (TPSA) is 12.5 Å². The molecule has 0 radical (unpaired) electrons. The molecule has 0 saturated carbocycles. The Hall–Kier alpha value is 1.15. The van der Waals surface area contributed by atoms with Crippen LogP contribution in [0, 0.1) is 0 Å². The van der Waals surface area contributed by atoms with Crippen molar-refractivity contribution in [2.75, 3.05) is 26.7 Å².